The van der Waals surface area contributed by atoms with Crippen molar-refractivity contribution in [2.24, 2.45) is 0 Å². The maximum Gasteiger partial charge on any atom is 0.246 e. The Hall–Kier alpha value is -4.57. The molecule has 0 aliphatic heterocycles. The van der Waals surface area contributed by atoms with E-state index in [1.807, 2.05) is 85.8 Å². The number of para-hydroxylation sites is 2. The van der Waals surface area contributed by atoms with Crippen LogP contribution in [0.25, 0.3) is 22.5 Å². The average Bonchev–Trinajstić information content (AvgIpc) is 3.41. The lowest BCUT2D eigenvalue weighted by atomic mass is 10.0. The van der Waals surface area contributed by atoms with Crippen LogP contribution in [0.5, 0.6) is 5.75 Å². The molecular weight excluding hydrogens is 498 g/mol. The van der Waals surface area contributed by atoms with Gasteiger partial charge in [0.15, 0.2) is 0 Å². The van der Waals surface area contributed by atoms with Gasteiger partial charge in [-0.3, -0.25) is 4.79 Å². The van der Waals surface area contributed by atoms with Gasteiger partial charge in [0.25, 0.3) is 0 Å². The Labute approximate surface area is 224 Å². The van der Waals surface area contributed by atoms with Crippen LogP contribution >= 0.6 is 11.8 Å². The van der Waals surface area contributed by atoms with Gasteiger partial charge in [-0.25, -0.2) is 9.67 Å². The van der Waals surface area contributed by atoms with Gasteiger partial charge in [-0.15, -0.1) is 15.3 Å². The number of rotatable bonds is 10. The Morgan fingerprint density at radius 1 is 0.868 bits per heavy atom. The summed E-state index contributed by atoms with van der Waals surface area (Å²) >= 11 is 1.41. The van der Waals surface area contributed by atoms with Crippen molar-refractivity contribution in [3.8, 4) is 28.3 Å². The molecule has 0 bridgehead atoms. The highest BCUT2D eigenvalue weighted by Crippen LogP contribution is 2.30. The number of nitrogens with zero attached hydrogens (tertiary/aromatic N) is 6. The third-order valence-corrected chi connectivity index (χ3v) is 6.33. The van der Waals surface area contributed by atoms with Gasteiger partial charge < -0.3 is 10.1 Å². The summed E-state index contributed by atoms with van der Waals surface area (Å²) in [5.74, 6) is 0.883. The highest BCUT2D eigenvalue weighted by atomic mass is 32.2. The Bertz CT molecular complexity index is 1510. The fraction of sp³-hybridized carbons (Fsp3) is 0.143. The Morgan fingerprint density at radius 3 is 2.29 bits per heavy atom. The van der Waals surface area contributed by atoms with E-state index in [0.29, 0.717) is 34.6 Å². The van der Waals surface area contributed by atoms with Gasteiger partial charge in [0.2, 0.25) is 11.1 Å². The molecule has 10 heteroatoms. The maximum absolute atomic E-state index is 12.6. The minimum atomic E-state index is -0.224. The lowest BCUT2D eigenvalue weighted by molar-refractivity contribution is -0.116. The first-order valence-corrected chi connectivity index (χ1v) is 13.1. The predicted molar refractivity (Wildman–Crippen MR) is 147 cm³/mol. The van der Waals surface area contributed by atoms with E-state index in [1.165, 1.54) is 16.4 Å². The second-order valence-corrected chi connectivity index (χ2v) is 9.14. The summed E-state index contributed by atoms with van der Waals surface area (Å²) in [6.07, 6.45) is 1.74. The van der Waals surface area contributed by atoms with Gasteiger partial charge in [0.1, 0.15) is 23.7 Å². The van der Waals surface area contributed by atoms with Crippen molar-refractivity contribution < 1.29 is 9.53 Å². The summed E-state index contributed by atoms with van der Waals surface area (Å²) in [6, 6.07) is 27.1. The number of thioether (sulfide) groups is 1. The molecule has 5 rings (SSSR count). The van der Waals surface area contributed by atoms with Crippen LogP contribution in [0.3, 0.4) is 0 Å². The van der Waals surface area contributed by atoms with Crippen molar-refractivity contribution >= 4 is 23.4 Å². The van der Waals surface area contributed by atoms with Crippen molar-refractivity contribution in [3.63, 3.8) is 0 Å². The molecule has 1 N–H and O–H groups in total. The second kappa shape index (κ2) is 12.1. The first-order valence-electron chi connectivity index (χ1n) is 12.1. The van der Waals surface area contributed by atoms with Crippen LogP contribution in [0, 0.1) is 0 Å². The van der Waals surface area contributed by atoms with Crippen LogP contribution in [0.4, 0.5) is 5.69 Å². The van der Waals surface area contributed by atoms with E-state index in [0.717, 1.165) is 22.5 Å². The van der Waals surface area contributed by atoms with Crippen molar-refractivity contribution in [2.75, 3.05) is 11.9 Å². The first-order chi connectivity index (χ1) is 18.7. The summed E-state index contributed by atoms with van der Waals surface area (Å²) in [6.45, 7) is 2.44. The zero-order valence-electron chi connectivity index (χ0n) is 20.7. The molecule has 0 saturated carbocycles. The molecule has 0 atom stereocenters. The van der Waals surface area contributed by atoms with E-state index < -0.39 is 0 Å². The fourth-order valence-corrected chi connectivity index (χ4v) is 4.43. The van der Waals surface area contributed by atoms with Crippen LogP contribution in [-0.4, -0.2) is 42.7 Å². The highest BCUT2D eigenvalue weighted by molar-refractivity contribution is 7.98. The van der Waals surface area contributed by atoms with E-state index >= 15 is 0 Å². The van der Waals surface area contributed by atoms with Gasteiger partial charge in [-0.2, -0.15) is 0 Å². The quantitative estimate of drug-likeness (QED) is 0.251. The van der Waals surface area contributed by atoms with Crippen LogP contribution in [-0.2, 0) is 17.1 Å². The third-order valence-electron chi connectivity index (χ3n) is 5.46. The number of amides is 1. The normalized spacial score (nSPS) is 10.8. The number of aromatic nitrogens is 6. The Kier molecular flexibility index (Phi) is 8.00. The molecule has 190 valence electrons. The molecule has 0 fully saturated rings. The van der Waals surface area contributed by atoms with Gasteiger partial charge in [0.05, 0.1) is 18.0 Å². The maximum atomic E-state index is 12.6. The minimum Gasteiger partial charge on any atom is -0.492 e. The summed E-state index contributed by atoms with van der Waals surface area (Å²) in [5, 5.41) is 20.5. The number of hydrogen-bond donors (Lipinski definition) is 1. The van der Waals surface area contributed by atoms with E-state index in [4.69, 9.17) is 9.72 Å². The van der Waals surface area contributed by atoms with E-state index in [9.17, 15) is 4.79 Å². The molecule has 5 aromatic rings. The topological polar surface area (TPSA) is 108 Å². The smallest absolute Gasteiger partial charge is 0.246 e. The van der Waals surface area contributed by atoms with E-state index in [2.05, 4.69) is 25.8 Å². The van der Waals surface area contributed by atoms with Gasteiger partial charge >= 0.3 is 0 Å². The Morgan fingerprint density at radius 2 is 1.55 bits per heavy atom. The van der Waals surface area contributed by atoms with Crippen molar-refractivity contribution in [1.82, 2.24) is 30.2 Å². The number of ether oxygens (including phenoxy) is 1. The molecule has 2 heterocycles. The summed E-state index contributed by atoms with van der Waals surface area (Å²) in [7, 11) is 0. The summed E-state index contributed by atoms with van der Waals surface area (Å²) < 4.78 is 7.07. The monoisotopic (exact) mass is 523 g/mol. The Balaban J connectivity index is 1.26. The number of hydrogen-bond acceptors (Lipinski definition) is 8. The zero-order valence-corrected chi connectivity index (χ0v) is 21.5. The molecule has 0 spiro atoms. The van der Waals surface area contributed by atoms with Crippen molar-refractivity contribution in [2.45, 2.75) is 24.4 Å². The van der Waals surface area contributed by atoms with Crippen LogP contribution in [0.1, 0.15) is 12.6 Å². The second-order valence-electron chi connectivity index (χ2n) is 8.20. The molecule has 9 nitrogen and oxygen atoms in total. The molecule has 0 aliphatic carbocycles. The predicted octanol–water partition coefficient (Wildman–Crippen LogP) is 5.13. The number of benzene rings is 3. The number of anilines is 1. The molecule has 0 unspecified atom stereocenters. The highest BCUT2D eigenvalue weighted by Gasteiger charge is 2.15. The molecular formula is C28H25N7O2S. The molecule has 0 radical (unpaired) electrons. The van der Waals surface area contributed by atoms with Crippen LogP contribution in [0.15, 0.2) is 96.3 Å². The molecule has 0 saturated heterocycles. The largest absolute Gasteiger partial charge is 0.492 e. The standard InChI is InChI=1S/C28H25N7O2S/c1-2-37-24-16-10-9-15-23(24)29-25(36)18-35-17-22(31-34-35)19-38-28-30-26(20-11-5-3-6-12-20)27(32-33-28)21-13-7-4-8-14-21/h3-17H,2,18-19H2,1H3,(H,29,36). The number of carbonyl (C=O) groups is 1. The van der Waals surface area contributed by atoms with Crippen molar-refractivity contribution in [3.05, 3.63) is 96.8 Å². The van der Waals surface area contributed by atoms with Crippen LogP contribution < -0.4 is 10.1 Å². The fourth-order valence-electron chi connectivity index (χ4n) is 3.77. The van der Waals surface area contributed by atoms with Crippen LogP contribution in [0.2, 0.25) is 0 Å². The number of carbonyl (C=O) groups excluding carboxylic acids is 1. The van der Waals surface area contributed by atoms with Crippen molar-refractivity contribution in [1.29, 1.82) is 0 Å². The van der Waals surface area contributed by atoms with E-state index in [-0.39, 0.29) is 12.5 Å². The molecule has 3 aromatic carbocycles. The van der Waals surface area contributed by atoms with Gasteiger partial charge in [-0.05, 0) is 19.1 Å². The first kappa shape index (κ1) is 25.1. The van der Waals surface area contributed by atoms with Gasteiger partial charge in [-0.1, -0.05) is 89.8 Å². The third kappa shape index (κ3) is 6.22. The molecule has 38 heavy (non-hydrogen) atoms. The lowest BCUT2D eigenvalue weighted by Crippen LogP contribution is -2.19. The zero-order chi connectivity index (χ0) is 26.2. The number of nitrogens with one attached hydrogen (secondary N) is 1. The average molecular weight is 524 g/mol. The summed E-state index contributed by atoms with van der Waals surface area (Å²) in [5.41, 5.74) is 4.73. The molecule has 0 aliphatic rings. The van der Waals surface area contributed by atoms with E-state index in [1.54, 1.807) is 12.3 Å². The van der Waals surface area contributed by atoms with Gasteiger partial charge in [0, 0.05) is 23.1 Å². The molecule has 1 amide bonds. The minimum absolute atomic E-state index is 0.0279. The lowest BCUT2D eigenvalue weighted by Gasteiger charge is -2.11. The molecule has 2 aromatic heterocycles. The SMILES string of the molecule is CCOc1ccccc1NC(=O)Cn1cc(CSc2nnc(-c3ccccc3)c(-c3ccccc3)n2)nn1. The summed E-state index contributed by atoms with van der Waals surface area (Å²) in [4.78, 5) is 17.4.